The Kier molecular flexibility index (Phi) is 10.7. The summed E-state index contributed by atoms with van der Waals surface area (Å²) >= 11 is 0. The summed E-state index contributed by atoms with van der Waals surface area (Å²) < 4.78 is 4.25. The van der Waals surface area contributed by atoms with Gasteiger partial charge in [0, 0.05) is 52.3 Å². The summed E-state index contributed by atoms with van der Waals surface area (Å²) in [6.07, 6.45) is 2.09. The van der Waals surface area contributed by atoms with Crippen molar-refractivity contribution in [2.24, 2.45) is 5.41 Å². The van der Waals surface area contributed by atoms with Crippen LogP contribution < -0.4 is 15.6 Å². The molecule has 6 nitrogen and oxygen atoms in total. The molecule has 2 N–H and O–H groups in total. The maximum Gasteiger partial charge on any atom is 0.275 e. The zero-order valence-electron chi connectivity index (χ0n) is 24.0. The Bertz CT molecular complexity index is 1110. The number of nitrogens with one attached hydrogen (secondary N) is 2. The van der Waals surface area contributed by atoms with E-state index in [1.165, 1.54) is 5.57 Å². The highest BCUT2D eigenvalue weighted by molar-refractivity contribution is 6.10. The first-order valence-corrected chi connectivity index (χ1v) is 12.8. The molecule has 2 aromatic carbocycles. The van der Waals surface area contributed by atoms with Gasteiger partial charge in [0.15, 0.2) is 0 Å². The zero-order valence-corrected chi connectivity index (χ0v) is 24.0. The number of hydrogen-bond acceptors (Lipinski definition) is 5. The molecule has 2 aliphatic rings. The molecule has 1 amide bonds. The first-order valence-electron chi connectivity index (χ1n) is 12.8. The monoisotopic (exact) mass is 504 g/mol. The van der Waals surface area contributed by atoms with E-state index in [0.717, 1.165) is 34.5 Å². The second-order valence-corrected chi connectivity index (χ2v) is 9.81. The molecule has 0 saturated heterocycles. The van der Waals surface area contributed by atoms with Crippen molar-refractivity contribution in [1.29, 1.82) is 0 Å². The Morgan fingerprint density at radius 3 is 2.08 bits per heavy atom. The Morgan fingerprint density at radius 1 is 1.05 bits per heavy atom. The molecule has 37 heavy (non-hydrogen) atoms. The van der Waals surface area contributed by atoms with E-state index >= 15 is 0 Å². The molecule has 200 valence electrons. The van der Waals surface area contributed by atoms with E-state index in [2.05, 4.69) is 73.3 Å². The van der Waals surface area contributed by atoms with Crippen molar-refractivity contribution in [3.05, 3.63) is 95.3 Å². The van der Waals surface area contributed by atoms with Crippen LogP contribution in [-0.4, -0.2) is 45.8 Å². The average molecular weight is 505 g/mol. The minimum Gasteiger partial charge on any atom is -0.388 e. The molecule has 0 aromatic heterocycles. The molecule has 0 radical (unpaired) electrons. The van der Waals surface area contributed by atoms with Crippen molar-refractivity contribution in [2.45, 2.75) is 40.7 Å². The minimum atomic E-state index is -0.234. The fourth-order valence-corrected chi connectivity index (χ4v) is 4.35. The molecule has 0 fully saturated rings. The normalized spacial score (nSPS) is 17.1. The van der Waals surface area contributed by atoms with E-state index in [0.29, 0.717) is 5.70 Å². The summed E-state index contributed by atoms with van der Waals surface area (Å²) in [5.41, 5.74) is 9.96. The minimum absolute atomic E-state index is 0.0315. The van der Waals surface area contributed by atoms with Crippen LogP contribution in [-0.2, 0) is 9.53 Å². The highest BCUT2D eigenvalue weighted by Gasteiger charge is 2.43. The van der Waals surface area contributed by atoms with Crippen molar-refractivity contribution in [3.63, 3.8) is 0 Å². The van der Waals surface area contributed by atoms with Gasteiger partial charge in [-0.1, -0.05) is 83.7 Å². The van der Waals surface area contributed by atoms with Gasteiger partial charge in [-0.2, -0.15) is 0 Å². The average Bonchev–Trinajstić information content (AvgIpc) is 3.45. The number of carbonyl (C=O) groups is 1. The van der Waals surface area contributed by atoms with Gasteiger partial charge >= 0.3 is 0 Å². The fourth-order valence-electron chi connectivity index (χ4n) is 4.35. The van der Waals surface area contributed by atoms with Crippen LogP contribution in [0, 0.1) is 5.41 Å². The maximum atomic E-state index is 13.7. The van der Waals surface area contributed by atoms with Crippen LogP contribution in [0.1, 0.15) is 51.8 Å². The summed E-state index contributed by atoms with van der Waals surface area (Å²) in [6.45, 7) is 15.6. The lowest BCUT2D eigenvalue weighted by Gasteiger charge is -2.31. The molecule has 0 bridgehead atoms. The molecule has 2 aromatic rings. The Balaban J connectivity index is 0.000000898. The number of amides is 1. The molecular formula is C31H44N4O2. The number of hydrazine groups is 1. The van der Waals surface area contributed by atoms with Crippen LogP contribution in [0.5, 0.6) is 0 Å². The zero-order chi connectivity index (χ0) is 27.8. The number of likely N-dealkylation sites (N-methyl/N-ethyl adjacent to an activating group) is 1. The van der Waals surface area contributed by atoms with E-state index in [4.69, 9.17) is 0 Å². The van der Waals surface area contributed by atoms with Crippen molar-refractivity contribution < 1.29 is 9.53 Å². The van der Waals surface area contributed by atoms with Crippen LogP contribution in [0.3, 0.4) is 0 Å². The van der Waals surface area contributed by atoms with Crippen LogP contribution in [0.4, 0.5) is 5.69 Å². The van der Waals surface area contributed by atoms with Crippen molar-refractivity contribution in [2.75, 3.05) is 39.8 Å². The summed E-state index contributed by atoms with van der Waals surface area (Å²) in [5, 5.41) is 5.15. The molecule has 2 heterocycles. The van der Waals surface area contributed by atoms with Crippen LogP contribution in [0.25, 0.3) is 5.57 Å². The van der Waals surface area contributed by atoms with E-state index in [1.807, 2.05) is 68.2 Å². The second kappa shape index (κ2) is 13.3. The predicted molar refractivity (Wildman–Crippen MR) is 156 cm³/mol. The van der Waals surface area contributed by atoms with Gasteiger partial charge in [0.05, 0.1) is 6.04 Å². The van der Waals surface area contributed by atoms with Gasteiger partial charge in [0.1, 0.15) is 5.70 Å². The Morgan fingerprint density at radius 2 is 1.62 bits per heavy atom. The molecule has 1 unspecified atom stereocenters. The van der Waals surface area contributed by atoms with E-state index in [1.54, 1.807) is 14.2 Å². The number of benzene rings is 2. The summed E-state index contributed by atoms with van der Waals surface area (Å²) in [5.74, 6) is -0.0315. The molecule has 0 aliphatic carbocycles. The Labute approximate surface area is 223 Å². The number of hydrogen-bond donors (Lipinski definition) is 2. The lowest BCUT2D eigenvalue weighted by molar-refractivity contribution is -0.115. The highest BCUT2D eigenvalue weighted by atomic mass is 16.4. The third-order valence-corrected chi connectivity index (χ3v) is 6.21. The van der Waals surface area contributed by atoms with Gasteiger partial charge in [0.2, 0.25) is 0 Å². The van der Waals surface area contributed by atoms with Crippen molar-refractivity contribution >= 4 is 17.2 Å². The van der Waals surface area contributed by atoms with E-state index in [9.17, 15) is 4.79 Å². The maximum absolute atomic E-state index is 13.7. The molecule has 0 spiro atoms. The van der Waals surface area contributed by atoms with Gasteiger partial charge in [-0.25, -0.2) is 5.43 Å². The number of rotatable bonds is 5. The molecule has 4 rings (SSSR count). The van der Waals surface area contributed by atoms with Gasteiger partial charge < -0.3 is 15.1 Å². The Hall–Kier alpha value is -3.35. The van der Waals surface area contributed by atoms with Crippen LogP contribution >= 0.6 is 0 Å². The molecule has 0 saturated carbocycles. The number of anilines is 1. The third-order valence-electron chi connectivity index (χ3n) is 6.21. The topological polar surface area (TPSA) is 56.8 Å². The SMILES string of the molecule is C=C(C1=C(NC)C(=O)N(c2ccc(C3=CN(C)NC3)cc2)C1c1ccccc1)C(C)(C)C.CC.COC. The van der Waals surface area contributed by atoms with E-state index < -0.39 is 0 Å². The quantitative estimate of drug-likeness (QED) is 0.529. The van der Waals surface area contributed by atoms with Crippen LogP contribution in [0.2, 0.25) is 0 Å². The van der Waals surface area contributed by atoms with Gasteiger partial charge in [-0.15, -0.1) is 0 Å². The van der Waals surface area contributed by atoms with Crippen LogP contribution in [0.15, 0.2) is 84.2 Å². The first kappa shape index (κ1) is 29.9. The van der Waals surface area contributed by atoms with E-state index in [-0.39, 0.29) is 17.4 Å². The van der Waals surface area contributed by atoms with Gasteiger partial charge in [0.25, 0.3) is 5.91 Å². The fraction of sp³-hybridized carbons (Fsp3) is 0.387. The van der Waals surface area contributed by atoms with Crippen molar-refractivity contribution in [3.8, 4) is 0 Å². The van der Waals surface area contributed by atoms with Crippen molar-refractivity contribution in [1.82, 2.24) is 15.8 Å². The lowest BCUT2D eigenvalue weighted by atomic mass is 9.79. The molecule has 6 heteroatoms. The second-order valence-electron chi connectivity index (χ2n) is 9.81. The molecular weight excluding hydrogens is 460 g/mol. The summed E-state index contributed by atoms with van der Waals surface area (Å²) in [7, 11) is 7.05. The number of ether oxygens (including phenoxy) is 1. The molecule has 1 atom stereocenters. The first-order chi connectivity index (χ1) is 17.6. The highest BCUT2D eigenvalue weighted by Crippen LogP contribution is 2.47. The number of carbonyl (C=O) groups excluding carboxylic acids is 1. The lowest BCUT2D eigenvalue weighted by Crippen LogP contribution is -2.32. The third kappa shape index (κ3) is 6.70. The van der Waals surface area contributed by atoms with Gasteiger partial charge in [-0.3, -0.25) is 9.69 Å². The molecule has 2 aliphatic heterocycles. The summed E-state index contributed by atoms with van der Waals surface area (Å²) in [6, 6.07) is 18.2. The smallest absolute Gasteiger partial charge is 0.275 e. The van der Waals surface area contributed by atoms with Gasteiger partial charge in [-0.05, 0) is 39.8 Å². The standard InChI is InChI=1S/C27H32N4O.C2H6O.C2H6/c1-18(27(2,3)4)23-24(28-5)26(32)31(25(23)20-10-8-7-9-11-20)22-14-12-19(13-15-22)21-16-29-30(6)17-21;1-3-2;1-2/h7-15,17,25,28-29H,1,16H2,2-6H3;1-2H3;1-2H3. The predicted octanol–water partition coefficient (Wildman–Crippen LogP) is 5.93. The largest absolute Gasteiger partial charge is 0.388 e. The number of nitrogens with zero attached hydrogens (tertiary/aromatic N) is 2. The number of methoxy groups -OCH3 is 1. The summed E-state index contributed by atoms with van der Waals surface area (Å²) in [4.78, 5) is 15.6.